The second kappa shape index (κ2) is 9.23. The molecule has 3 aromatic rings. The zero-order valence-electron chi connectivity index (χ0n) is 16.9. The fraction of sp³-hybridized carbons (Fsp3) is 0.318. The molecule has 0 fully saturated rings. The van der Waals surface area contributed by atoms with Crippen LogP contribution in [0, 0.1) is 0 Å². The van der Waals surface area contributed by atoms with E-state index >= 15 is 0 Å². The molecule has 152 valence electrons. The molecule has 0 aliphatic heterocycles. The lowest BCUT2D eigenvalue weighted by Crippen LogP contribution is -2.27. The average molecular weight is 395 g/mol. The summed E-state index contributed by atoms with van der Waals surface area (Å²) < 4.78 is 11.9. The largest absolute Gasteiger partial charge is 0.493 e. The molecule has 2 aromatic carbocycles. The van der Waals surface area contributed by atoms with Crippen LogP contribution in [0.4, 0.5) is 5.69 Å². The molecule has 0 atom stereocenters. The minimum atomic E-state index is -0.391. The third kappa shape index (κ3) is 4.39. The molecule has 1 aromatic heterocycles. The Bertz CT molecular complexity index is 1080. The second-order valence-corrected chi connectivity index (χ2v) is 6.65. The Kier molecular flexibility index (Phi) is 6.49. The smallest absolute Gasteiger partial charge is 0.276 e. The van der Waals surface area contributed by atoms with Gasteiger partial charge in [0.2, 0.25) is 0 Å². The van der Waals surface area contributed by atoms with Crippen LogP contribution in [-0.4, -0.2) is 29.9 Å². The Morgan fingerprint density at radius 1 is 1.03 bits per heavy atom. The number of unbranched alkanes of at least 4 members (excludes halogenated alkanes) is 2. The van der Waals surface area contributed by atoms with E-state index in [1.54, 1.807) is 49.6 Å². The molecule has 0 unspecified atom stereocenters. The van der Waals surface area contributed by atoms with Crippen LogP contribution in [0.5, 0.6) is 11.5 Å². The number of hydrogen-bond acceptors (Lipinski definition) is 5. The van der Waals surface area contributed by atoms with Crippen molar-refractivity contribution >= 4 is 22.4 Å². The normalized spacial score (nSPS) is 10.7. The Hall–Kier alpha value is -3.35. The maximum absolute atomic E-state index is 13.0. The summed E-state index contributed by atoms with van der Waals surface area (Å²) in [6, 6.07) is 12.2. The van der Waals surface area contributed by atoms with Crippen molar-refractivity contribution in [3.05, 3.63) is 58.5 Å². The molecule has 0 bridgehead atoms. The van der Waals surface area contributed by atoms with Crippen molar-refractivity contribution in [2.24, 2.45) is 0 Å². The molecule has 0 saturated carbocycles. The van der Waals surface area contributed by atoms with Crippen LogP contribution < -0.4 is 20.3 Å². The van der Waals surface area contributed by atoms with E-state index in [2.05, 4.69) is 17.3 Å². The quantitative estimate of drug-likeness (QED) is 0.586. The van der Waals surface area contributed by atoms with Crippen molar-refractivity contribution in [2.75, 3.05) is 19.5 Å². The first kappa shape index (κ1) is 20.4. The molecule has 1 amide bonds. The molecule has 7 nitrogen and oxygen atoms in total. The predicted octanol–water partition coefficient (Wildman–Crippen LogP) is 3.86. The lowest BCUT2D eigenvalue weighted by Gasteiger charge is -2.13. The summed E-state index contributed by atoms with van der Waals surface area (Å²) in [5.74, 6) is 0.684. The zero-order chi connectivity index (χ0) is 20.8. The van der Waals surface area contributed by atoms with Crippen LogP contribution in [0.15, 0.2) is 47.3 Å². The molecule has 1 N–H and O–H groups in total. The number of fused-ring (bicyclic) bond motifs is 1. The topological polar surface area (TPSA) is 82.5 Å². The van der Waals surface area contributed by atoms with Crippen molar-refractivity contribution in [3.63, 3.8) is 0 Å². The summed E-state index contributed by atoms with van der Waals surface area (Å²) in [4.78, 5) is 25.8. The van der Waals surface area contributed by atoms with E-state index < -0.39 is 5.91 Å². The molecule has 29 heavy (non-hydrogen) atoms. The van der Waals surface area contributed by atoms with Crippen molar-refractivity contribution < 1.29 is 14.3 Å². The van der Waals surface area contributed by atoms with Gasteiger partial charge in [-0.2, -0.15) is 5.10 Å². The van der Waals surface area contributed by atoms with Crippen molar-refractivity contribution in [3.8, 4) is 11.5 Å². The fourth-order valence-electron chi connectivity index (χ4n) is 3.17. The molecule has 0 aliphatic rings. The standard InChI is InChI=1S/C22H25N3O4/c1-4-5-8-13-25-22(27)17-10-7-6-9-16(17)20(24-25)21(26)23-15-11-12-18(28-2)19(14-15)29-3/h6-7,9-12,14H,4-5,8,13H2,1-3H3,(H,23,26). The van der Waals surface area contributed by atoms with Crippen LogP contribution in [0.1, 0.15) is 36.7 Å². The second-order valence-electron chi connectivity index (χ2n) is 6.65. The lowest BCUT2D eigenvalue weighted by molar-refractivity contribution is 0.102. The molecule has 0 spiro atoms. The molecular formula is C22H25N3O4. The molecule has 0 aliphatic carbocycles. The Morgan fingerprint density at radius 2 is 1.76 bits per heavy atom. The number of anilines is 1. The number of amides is 1. The first-order chi connectivity index (χ1) is 14.1. The van der Waals surface area contributed by atoms with Gasteiger partial charge in [0.05, 0.1) is 19.6 Å². The van der Waals surface area contributed by atoms with Crippen LogP contribution in [0.3, 0.4) is 0 Å². The summed E-state index contributed by atoms with van der Waals surface area (Å²) in [6.07, 6.45) is 2.86. The molecular weight excluding hydrogens is 370 g/mol. The predicted molar refractivity (Wildman–Crippen MR) is 113 cm³/mol. The van der Waals surface area contributed by atoms with E-state index in [0.717, 1.165) is 19.3 Å². The van der Waals surface area contributed by atoms with E-state index in [-0.39, 0.29) is 11.3 Å². The van der Waals surface area contributed by atoms with E-state index in [9.17, 15) is 9.59 Å². The molecule has 1 heterocycles. The van der Waals surface area contributed by atoms with Gasteiger partial charge < -0.3 is 14.8 Å². The first-order valence-electron chi connectivity index (χ1n) is 9.62. The number of aromatic nitrogens is 2. The van der Waals surface area contributed by atoms with E-state index in [1.807, 2.05) is 0 Å². The van der Waals surface area contributed by atoms with Gasteiger partial charge in [0.15, 0.2) is 17.2 Å². The first-order valence-corrected chi connectivity index (χ1v) is 9.62. The summed E-state index contributed by atoms with van der Waals surface area (Å²) in [6.45, 7) is 2.58. The van der Waals surface area contributed by atoms with Crippen LogP contribution in [0.2, 0.25) is 0 Å². The van der Waals surface area contributed by atoms with Gasteiger partial charge in [0.1, 0.15) is 0 Å². The summed E-state index contributed by atoms with van der Waals surface area (Å²) in [7, 11) is 3.08. The van der Waals surface area contributed by atoms with Gasteiger partial charge in [0.25, 0.3) is 11.5 Å². The number of ether oxygens (including phenoxy) is 2. The third-order valence-corrected chi connectivity index (χ3v) is 4.70. The highest BCUT2D eigenvalue weighted by atomic mass is 16.5. The highest BCUT2D eigenvalue weighted by Gasteiger charge is 2.17. The maximum atomic E-state index is 13.0. The number of methoxy groups -OCH3 is 2. The van der Waals surface area contributed by atoms with Gasteiger partial charge >= 0.3 is 0 Å². The number of benzene rings is 2. The fourth-order valence-corrected chi connectivity index (χ4v) is 3.17. The number of hydrogen-bond donors (Lipinski definition) is 1. The Balaban J connectivity index is 1.98. The van der Waals surface area contributed by atoms with Gasteiger partial charge in [-0.25, -0.2) is 4.68 Å². The number of aryl methyl sites for hydroxylation is 1. The van der Waals surface area contributed by atoms with Crippen molar-refractivity contribution in [1.82, 2.24) is 9.78 Å². The highest BCUT2D eigenvalue weighted by Crippen LogP contribution is 2.30. The maximum Gasteiger partial charge on any atom is 0.276 e. The summed E-state index contributed by atoms with van der Waals surface area (Å²) in [5.41, 5.74) is 0.577. The zero-order valence-corrected chi connectivity index (χ0v) is 16.9. The summed E-state index contributed by atoms with van der Waals surface area (Å²) in [5, 5.41) is 8.23. The van der Waals surface area contributed by atoms with Gasteiger partial charge in [-0.1, -0.05) is 38.0 Å². The molecule has 3 rings (SSSR count). The minimum Gasteiger partial charge on any atom is -0.493 e. The molecule has 0 radical (unpaired) electrons. The van der Waals surface area contributed by atoms with Gasteiger partial charge in [-0.05, 0) is 24.6 Å². The number of nitrogens with one attached hydrogen (secondary N) is 1. The number of nitrogens with zero attached hydrogens (tertiary/aromatic N) is 2. The van der Waals surface area contributed by atoms with Crippen LogP contribution in [0.25, 0.3) is 10.8 Å². The number of carbonyl (C=O) groups excluding carboxylic acids is 1. The van der Waals surface area contributed by atoms with Gasteiger partial charge in [-0.3, -0.25) is 9.59 Å². The van der Waals surface area contributed by atoms with E-state index in [1.165, 1.54) is 11.8 Å². The van der Waals surface area contributed by atoms with Crippen molar-refractivity contribution in [1.29, 1.82) is 0 Å². The van der Waals surface area contributed by atoms with E-state index in [0.29, 0.717) is 34.5 Å². The monoisotopic (exact) mass is 395 g/mol. The third-order valence-electron chi connectivity index (χ3n) is 4.70. The van der Waals surface area contributed by atoms with Gasteiger partial charge in [0, 0.05) is 23.7 Å². The Labute approximate surface area is 169 Å². The highest BCUT2D eigenvalue weighted by molar-refractivity contribution is 6.11. The number of carbonyl (C=O) groups is 1. The average Bonchev–Trinajstić information content (AvgIpc) is 2.75. The van der Waals surface area contributed by atoms with Crippen molar-refractivity contribution in [2.45, 2.75) is 32.7 Å². The van der Waals surface area contributed by atoms with E-state index in [4.69, 9.17) is 9.47 Å². The minimum absolute atomic E-state index is 0.181. The van der Waals surface area contributed by atoms with Crippen LogP contribution in [-0.2, 0) is 6.54 Å². The summed E-state index contributed by atoms with van der Waals surface area (Å²) >= 11 is 0. The SMILES string of the molecule is CCCCCn1nc(C(=O)Nc2ccc(OC)c(OC)c2)c2ccccc2c1=O. The molecule has 7 heteroatoms. The molecule has 0 saturated heterocycles. The number of rotatable bonds is 8. The Morgan fingerprint density at radius 3 is 2.45 bits per heavy atom. The van der Waals surface area contributed by atoms with Gasteiger partial charge in [-0.15, -0.1) is 0 Å². The lowest BCUT2D eigenvalue weighted by atomic mass is 10.1. The van der Waals surface area contributed by atoms with Crippen LogP contribution >= 0.6 is 0 Å².